The standard InChI is InChI=1S/C27H51N3/c1-21(2)15-17-30(20-27(8,9)29-19-24(28)18-22(3)4)25-12-10-23(11-13-25)14-16-26(5,6)7/h10-13,21-22,24,29H,14-20,28H2,1-9H3/t24-/m0/s1. The summed E-state index contributed by atoms with van der Waals surface area (Å²) in [6.45, 7) is 23.6. The lowest BCUT2D eigenvalue weighted by atomic mass is 9.88. The van der Waals surface area contributed by atoms with E-state index in [1.807, 2.05) is 0 Å². The zero-order valence-corrected chi connectivity index (χ0v) is 21.5. The molecule has 0 aliphatic heterocycles. The van der Waals surface area contributed by atoms with Crippen LogP contribution in [0.4, 0.5) is 5.69 Å². The monoisotopic (exact) mass is 417 g/mol. The molecule has 1 rings (SSSR count). The minimum atomic E-state index is 0.0104. The molecule has 30 heavy (non-hydrogen) atoms. The van der Waals surface area contributed by atoms with Crippen LogP contribution in [0.1, 0.15) is 87.1 Å². The van der Waals surface area contributed by atoms with E-state index in [-0.39, 0.29) is 11.6 Å². The fourth-order valence-electron chi connectivity index (χ4n) is 3.74. The number of nitrogens with two attached hydrogens (primary N) is 1. The molecule has 174 valence electrons. The minimum Gasteiger partial charge on any atom is -0.370 e. The van der Waals surface area contributed by atoms with Crippen molar-refractivity contribution in [2.75, 3.05) is 24.5 Å². The van der Waals surface area contributed by atoms with Crippen LogP contribution in [0.15, 0.2) is 24.3 Å². The van der Waals surface area contributed by atoms with E-state index >= 15 is 0 Å². The summed E-state index contributed by atoms with van der Waals surface area (Å²) in [6.07, 6.45) is 4.64. The zero-order valence-electron chi connectivity index (χ0n) is 21.5. The lowest BCUT2D eigenvalue weighted by Crippen LogP contribution is -2.53. The van der Waals surface area contributed by atoms with Crippen molar-refractivity contribution in [3.63, 3.8) is 0 Å². The van der Waals surface area contributed by atoms with Crippen LogP contribution in [-0.2, 0) is 6.42 Å². The third-order valence-corrected chi connectivity index (χ3v) is 5.64. The largest absolute Gasteiger partial charge is 0.370 e. The smallest absolute Gasteiger partial charge is 0.0367 e. The maximum absolute atomic E-state index is 6.32. The molecule has 1 atom stereocenters. The van der Waals surface area contributed by atoms with E-state index in [9.17, 15) is 0 Å². The van der Waals surface area contributed by atoms with Crippen molar-refractivity contribution < 1.29 is 0 Å². The summed E-state index contributed by atoms with van der Waals surface area (Å²) in [7, 11) is 0. The van der Waals surface area contributed by atoms with Gasteiger partial charge in [0.1, 0.15) is 0 Å². The topological polar surface area (TPSA) is 41.3 Å². The molecule has 0 aliphatic carbocycles. The molecule has 3 N–H and O–H groups in total. The van der Waals surface area contributed by atoms with E-state index in [0.717, 1.165) is 32.5 Å². The summed E-state index contributed by atoms with van der Waals surface area (Å²) in [5, 5.41) is 3.73. The van der Waals surface area contributed by atoms with E-state index in [1.54, 1.807) is 0 Å². The molecule has 0 amide bonds. The van der Waals surface area contributed by atoms with Crippen molar-refractivity contribution in [3.05, 3.63) is 29.8 Å². The average Bonchev–Trinajstić information content (AvgIpc) is 2.61. The van der Waals surface area contributed by atoms with Crippen LogP contribution in [-0.4, -0.2) is 31.2 Å². The first kappa shape index (κ1) is 27.0. The minimum absolute atomic E-state index is 0.0104. The van der Waals surface area contributed by atoms with Gasteiger partial charge in [-0.25, -0.2) is 0 Å². The van der Waals surface area contributed by atoms with Gasteiger partial charge in [0.25, 0.3) is 0 Å². The molecule has 0 saturated carbocycles. The second-order valence-electron chi connectivity index (χ2n) is 12.0. The Hall–Kier alpha value is -1.06. The molecule has 1 aromatic carbocycles. The number of rotatable bonds is 13. The van der Waals surface area contributed by atoms with Gasteiger partial charge in [-0.15, -0.1) is 0 Å². The number of nitrogens with one attached hydrogen (secondary N) is 1. The highest BCUT2D eigenvalue weighted by molar-refractivity contribution is 5.48. The number of nitrogens with zero attached hydrogens (tertiary/aromatic N) is 1. The molecular weight excluding hydrogens is 366 g/mol. The maximum atomic E-state index is 6.32. The van der Waals surface area contributed by atoms with Crippen molar-refractivity contribution in [3.8, 4) is 0 Å². The van der Waals surface area contributed by atoms with E-state index in [1.165, 1.54) is 24.1 Å². The Morgan fingerprint density at radius 1 is 0.933 bits per heavy atom. The lowest BCUT2D eigenvalue weighted by Gasteiger charge is -2.36. The predicted molar refractivity (Wildman–Crippen MR) is 135 cm³/mol. The van der Waals surface area contributed by atoms with Crippen LogP contribution in [0.5, 0.6) is 0 Å². The normalized spacial score (nSPS) is 13.9. The molecule has 1 aromatic rings. The molecule has 0 aromatic heterocycles. The number of anilines is 1. The predicted octanol–water partition coefficient (Wildman–Crippen LogP) is 6.26. The number of aryl methyl sites for hydroxylation is 1. The SMILES string of the molecule is CC(C)CCN(CC(C)(C)NC[C@@H](N)CC(C)C)c1ccc(CCC(C)(C)C)cc1. The van der Waals surface area contributed by atoms with Crippen molar-refractivity contribution in [2.24, 2.45) is 23.0 Å². The fraction of sp³-hybridized carbons (Fsp3) is 0.778. The molecule has 0 bridgehead atoms. The summed E-state index contributed by atoms with van der Waals surface area (Å²) in [4.78, 5) is 2.55. The van der Waals surface area contributed by atoms with Gasteiger partial charge in [-0.1, -0.05) is 60.6 Å². The van der Waals surface area contributed by atoms with Gasteiger partial charge in [-0.3, -0.25) is 0 Å². The summed E-state index contributed by atoms with van der Waals surface area (Å²) in [5.41, 5.74) is 9.48. The summed E-state index contributed by atoms with van der Waals surface area (Å²) in [6, 6.07) is 9.50. The van der Waals surface area contributed by atoms with Crippen molar-refractivity contribution in [1.29, 1.82) is 0 Å². The van der Waals surface area contributed by atoms with Crippen LogP contribution < -0.4 is 16.0 Å². The molecular formula is C27H51N3. The fourth-order valence-corrected chi connectivity index (χ4v) is 3.74. The quantitative estimate of drug-likeness (QED) is 0.398. The van der Waals surface area contributed by atoms with E-state index in [4.69, 9.17) is 5.73 Å². The molecule has 3 nitrogen and oxygen atoms in total. The maximum Gasteiger partial charge on any atom is 0.0367 e. The number of hydrogen-bond acceptors (Lipinski definition) is 3. The van der Waals surface area contributed by atoms with Crippen LogP contribution in [0.3, 0.4) is 0 Å². The highest BCUT2D eigenvalue weighted by Gasteiger charge is 2.23. The van der Waals surface area contributed by atoms with Gasteiger partial charge in [-0.05, 0) is 74.5 Å². The van der Waals surface area contributed by atoms with Gasteiger partial charge in [0, 0.05) is 36.9 Å². The van der Waals surface area contributed by atoms with E-state index in [0.29, 0.717) is 17.3 Å². The van der Waals surface area contributed by atoms with Gasteiger partial charge in [0.2, 0.25) is 0 Å². The molecule has 0 unspecified atom stereocenters. The molecule has 3 heteroatoms. The van der Waals surface area contributed by atoms with Crippen molar-refractivity contribution >= 4 is 5.69 Å². The highest BCUT2D eigenvalue weighted by atomic mass is 15.2. The Balaban J connectivity index is 2.80. The van der Waals surface area contributed by atoms with Gasteiger partial charge in [-0.2, -0.15) is 0 Å². The average molecular weight is 418 g/mol. The van der Waals surface area contributed by atoms with E-state index < -0.39 is 0 Å². The molecule has 0 aliphatic rings. The first-order valence-corrected chi connectivity index (χ1v) is 12.1. The van der Waals surface area contributed by atoms with Crippen LogP contribution in [0.25, 0.3) is 0 Å². The van der Waals surface area contributed by atoms with Crippen molar-refractivity contribution in [2.45, 2.75) is 99.6 Å². The summed E-state index contributed by atoms with van der Waals surface area (Å²) >= 11 is 0. The van der Waals surface area contributed by atoms with Gasteiger partial charge in [0.05, 0.1) is 0 Å². The second kappa shape index (κ2) is 12.1. The Bertz CT molecular complexity index is 581. The van der Waals surface area contributed by atoms with E-state index in [2.05, 4.69) is 96.8 Å². The molecule has 0 heterocycles. The lowest BCUT2D eigenvalue weighted by molar-refractivity contribution is 0.354. The van der Waals surface area contributed by atoms with Crippen LogP contribution in [0, 0.1) is 17.3 Å². The highest BCUT2D eigenvalue weighted by Crippen LogP contribution is 2.24. The van der Waals surface area contributed by atoms with Gasteiger partial charge in [0.15, 0.2) is 0 Å². The van der Waals surface area contributed by atoms with Crippen LogP contribution in [0.2, 0.25) is 0 Å². The Labute approximate surface area is 188 Å². The third kappa shape index (κ3) is 12.0. The molecule has 0 saturated heterocycles. The third-order valence-electron chi connectivity index (χ3n) is 5.64. The zero-order chi connectivity index (χ0) is 22.9. The molecule has 0 fully saturated rings. The Morgan fingerprint density at radius 3 is 2.03 bits per heavy atom. The second-order valence-corrected chi connectivity index (χ2v) is 12.0. The van der Waals surface area contributed by atoms with Crippen LogP contribution >= 0.6 is 0 Å². The number of benzene rings is 1. The summed E-state index contributed by atoms with van der Waals surface area (Å²) < 4.78 is 0. The molecule has 0 radical (unpaired) electrons. The summed E-state index contributed by atoms with van der Waals surface area (Å²) in [5.74, 6) is 1.35. The van der Waals surface area contributed by atoms with Crippen molar-refractivity contribution in [1.82, 2.24) is 5.32 Å². The number of hydrogen-bond donors (Lipinski definition) is 2. The Kier molecular flexibility index (Phi) is 10.9. The molecule has 0 spiro atoms. The van der Waals surface area contributed by atoms with Gasteiger partial charge < -0.3 is 16.0 Å². The first-order chi connectivity index (χ1) is 13.8. The first-order valence-electron chi connectivity index (χ1n) is 12.1. The van der Waals surface area contributed by atoms with Gasteiger partial charge >= 0.3 is 0 Å². The Morgan fingerprint density at radius 2 is 1.53 bits per heavy atom.